The van der Waals surface area contributed by atoms with Crippen molar-refractivity contribution in [2.24, 2.45) is 0 Å². The molecule has 0 atom stereocenters. The minimum absolute atomic E-state index is 0.0283. The average molecular weight is 442 g/mol. The van der Waals surface area contributed by atoms with Crippen LogP contribution >= 0.6 is 0 Å². The van der Waals surface area contributed by atoms with Crippen molar-refractivity contribution in [1.29, 1.82) is 0 Å². The molecule has 0 unspecified atom stereocenters. The average Bonchev–Trinajstić information content (AvgIpc) is 2.68. The summed E-state index contributed by atoms with van der Waals surface area (Å²) in [6.45, 7) is 6.58. The van der Waals surface area contributed by atoms with Gasteiger partial charge in [-0.15, -0.1) is 10.2 Å². The highest BCUT2D eigenvalue weighted by Gasteiger charge is 2.38. The molecule has 0 N–H and O–H groups in total. The normalized spacial score (nSPS) is 15.1. The highest BCUT2D eigenvalue weighted by molar-refractivity contribution is 5.68. The van der Waals surface area contributed by atoms with E-state index in [2.05, 4.69) is 10.2 Å². The van der Waals surface area contributed by atoms with Crippen LogP contribution in [0.15, 0.2) is 30.3 Å². The van der Waals surface area contributed by atoms with E-state index in [9.17, 15) is 22.4 Å². The lowest BCUT2D eigenvalue weighted by Crippen LogP contribution is -2.50. The number of anilines is 1. The number of halogens is 4. The summed E-state index contributed by atoms with van der Waals surface area (Å²) in [5.41, 5.74) is -1.91. The Morgan fingerprint density at radius 3 is 2.16 bits per heavy atom. The maximum absolute atomic E-state index is 13.4. The Balaban J connectivity index is 1.76. The molecule has 1 aliphatic heterocycles. The minimum atomic E-state index is -4.78. The Labute approximate surface area is 176 Å². The predicted molar refractivity (Wildman–Crippen MR) is 104 cm³/mol. The summed E-state index contributed by atoms with van der Waals surface area (Å²) < 4.78 is 63.8. The Bertz CT molecular complexity index is 922. The molecular formula is C20H22F4N4O3. The largest absolute Gasteiger partial charge is 0.455 e. The van der Waals surface area contributed by atoms with E-state index in [0.717, 1.165) is 18.2 Å². The van der Waals surface area contributed by atoms with Crippen molar-refractivity contribution in [1.82, 2.24) is 15.1 Å². The maximum atomic E-state index is 13.4. The molecule has 1 amide bonds. The zero-order chi connectivity index (χ0) is 22.8. The van der Waals surface area contributed by atoms with Crippen LogP contribution in [0.2, 0.25) is 0 Å². The number of ether oxygens (including phenoxy) is 2. The first kappa shape index (κ1) is 22.6. The van der Waals surface area contributed by atoms with E-state index in [1.165, 1.54) is 17.0 Å². The summed E-state index contributed by atoms with van der Waals surface area (Å²) in [6, 6.07) is 5.73. The summed E-state index contributed by atoms with van der Waals surface area (Å²) in [4.78, 5) is 15.4. The van der Waals surface area contributed by atoms with Gasteiger partial charge in [0.25, 0.3) is 0 Å². The van der Waals surface area contributed by atoms with E-state index in [4.69, 9.17) is 9.47 Å². The molecule has 31 heavy (non-hydrogen) atoms. The molecule has 1 aliphatic rings. The molecule has 11 heteroatoms. The number of alkyl halides is 3. The van der Waals surface area contributed by atoms with Crippen molar-refractivity contribution >= 4 is 11.9 Å². The second-order valence-corrected chi connectivity index (χ2v) is 7.92. The molecule has 0 aliphatic carbocycles. The van der Waals surface area contributed by atoms with Gasteiger partial charge in [-0.05, 0) is 45.0 Å². The van der Waals surface area contributed by atoms with Crippen LogP contribution in [-0.2, 0) is 10.9 Å². The molecule has 7 nitrogen and oxygen atoms in total. The van der Waals surface area contributed by atoms with Crippen LogP contribution in [0.3, 0.4) is 0 Å². The Morgan fingerprint density at radius 1 is 1.00 bits per heavy atom. The van der Waals surface area contributed by atoms with Gasteiger partial charge in [0.15, 0.2) is 11.6 Å². The molecule has 2 heterocycles. The standard InChI is InChI=1S/C20H22F4N4O3/c1-19(2,3)31-18(29)28-10-8-27(9-11-28)16-12-15(17(26-25-16)20(22,23)24)30-14-6-4-13(21)5-7-14/h4-7,12H,8-11H2,1-3H3. The number of carbonyl (C=O) groups excluding carboxylic acids is 1. The lowest BCUT2D eigenvalue weighted by molar-refractivity contribution is -0.142. The van der Waals surface area contributed by atoms with Crippen LogP contribution in [0.4, 0.5) is 28.2 Å². The smallest absolute Gasteiger partial charge is 0.438 e. The highest BCUT2D eigenvalue weighted by Crippen LogP contribution is 2.37. The zero-order valence-electron chi connectivity index (χ0n) is 17.2. The van der Waals surface area contributed by atoms with E-state index < -0.39 is 35.1 Å². The Hall–Kier alpha value is -3.11. The third-order valence-electron chi connectivity index (χ3n) is 4.31. The third-order valence-corrected chi connectivity index (χ3v) is 4.31. The van der Waals surface area contributed by atoms with Crippen molar-refractivity contribution in [2.45, 2.75) is 32.5 Å². The summed E-state index contributed by atoms with van der Waals surface area (Å²) >= 11 is 0. The van der Waals surface area contributed by atoms with E-state index in [1.54, 1.807) is 25.7 Å². The van der Waals surface area contributed by atoms with Gasteiger partial charge in [-0.1, -0.05) is 0 Å². The van der Waals surface area contributed by atoms with E-state index in [0.29, 0.717) is 26.2 Å². The molecule has 1 fully saturated rings. The monoisotopic (exact) mass is 442 g/mol. The van der Waals surface area contributed by atoms with E-state index in [1.807, 2.05) is 0 Å². The van der Waals surface area contributed by atoms with Crippen molar-refractivity contribution in [3.05, 3.63) is 41.8 Å². The van der Waals surface area contributed by atoms with Gasteiger partial charge in [0, 0.05) is 32.2 Å². The first-order valence-electron chi connectivity index (χ1n) is 9.53. The number of rotatable bonds is 3. The summed E-state index contributed by atoms with van der Waals surface area (Å²) in [7, 11) is 0. The van der Waals surface area contributed by atoms with Crippen LogP contribution in [0.1, 0.15) is 26.5 Å². The van der Waals surface area contributed by atoms with Crippen molar-refractivity contribution in [3.8, 4) is 11.5 Å². The van der Waals surface area contributed by atoms with Crippen molar-refractivity contribution in [3.63, 3.8) is 0 Å². The number of piperazine rings is 1. The van der Waals surface area contributed by atoms with E-state index in [-0.39, 0.29) is 11.6 Å². The number of carbonyl (C=O) groups is 1. The van der Waals surface area contributed by atoms with Gasteiger partial charge in [-0.25, -0.2) is 9.18 Å². The molecule has 0 radical (unpaired) electrons. The topological polar surface area (TPSA) is 67.8 Å². The van der Waals surface area contributed by atoms with Gasteiger partial charge in [0.1, 0.15) is 17.2 Å². The van der Waals surface area contributed by atoms with Crippen LogP contribution in [-0.4, -0.2) is 53.0 Å². The molecule has 0 saturated carbocycles. The van der Waals surface area contributed by atoms with Crippen molar-refractivity contribution in [2.75, 3.05) is 31.1 Å². The lowest BCUT2D eigenvalue weighted by atomic mass is 10.2. The zero-order valence-corrected chi connectivity index (χ0v) is 17.2. The second kappa shape index (κ2) is 8.56. The fourth-order valence-electron chi connectivity index (χ4n) is 2.87. The highest BCUT2D eigenvalue weighted by atomic mass is 19.4. The first-order valence-corrected chi connectivity index (χ1v) is 9.53. The third kappa shape index (κ3) is 5.96. The summed E-state index contributed by atoms with van der Waals surface area (Å²) in [5, 5.41) is 7.02. The molecule has 3 rings (SSSR count). The molecule has 168 valence electrons. The van der Waals surface area contributed by atoms with Gasteiger partial charge in [0.05, 0.1) is 0 Å². The lowest BCUT2D eigenvalue weighted by Gasteiger charge is -2.36. The Kier molecular flexibility index (Phi) is 6.23. The molecule has 2 aromatic rings. The second-order valence-electron chi connectivity index (χ2n) is 7.92. The molecular weight excluding hydrogens is 420 g/mol. The molecule has 0 spiro atoms. The number of amides is 1. The quantitative estimate of drug-likeness (QED) is 0.653. The van der Waals surface area contributed by atoms with Gasteiger partial charge in [0.2, 0.25) is 5.69 Å². The van der Waals surface area contributed by atoms with E-state index >= 15 is 0 Å². The number of hydrogen-bond acceptors (Lipinski definition) is 6. The van der Waals surface area contributed by atoms with Crippen LogP contribution < -0.4 is 9.64 Å². The van der Waals surface area contributed by atoms with Crippen molar-refractivity contribution < 1.29 is 31.8 Å². The van der Waals surface area contributed by atoms with Gasteiger partial charge < -0.3 is 19.3 Å². The fourth-order valence-corrected chi connectivity index (χ4v) is 2.87. The SMILES string of the molecule is CC(C)(C)OC(=O)N1CCN(c2cc(Oc3ccc(F)cc3)c(C(F)(F)F)nn2)CC1. The van der Waals surface area contributed by atoms with Crippen LogP contribution in [0.5, 0.6) is 11.5 Å². The predicted octanol–water partition coefficient (Wildman–Crippen LogP) is 4.48. The molecule has 1 aromatic carbocycles. The maximum Gasteiger partial charge on any atom is 0.438 e. The first-order chi connectivity index (χ1) is 14.4. The van der Waals surface area contributed by atoms with Gasteiger partial charge in [-0.2, -0.15) is 13.2 Å². The summed E-state index contributed by atoms with van der Waals surface area (Å²) in [6.07, 6.45) is -5.23. The fraction of sp³-hybridized carbons (Fsp3) is 0.450. The summed E-state index contributed by atoms with van der Waals surface area (Å²) in [5.74, 6) is -0.881. The molecule has 1 saturated heterocycles. The van der Waals surface area contributed by atoms with Crippen LogP contribution in [0, 0.1) is 5.82 Å². The van der Waals surface area contributed by atoms with Gasteiger partial charge in [-0.3, -0.25) is 0 Å². The number of benzene rings is 1. The minimum Gasteiger partial charge on any atom is -0.455 e. The Morgan fingerprint density at radius 2 is 1.61 bits per heavy atom. The number of aromatic nitrogens is 2. The number of nitrogens with zero attached hydrogens (tertiary/aromatic N) is 4. The van der Waals surface area contributed by atoms with Gasteiger partial charge >= 0.3 is 12.3 Å². The molecule has 0 bridgehead atoms. The van der Waals surface area contributed by atoms with Crippen LogP contribution in [0.25, 0.3) is 0 Å². The molecule has 1 aromatic heterocycles. The number of hydrogen-bond donors (Lipinski definition) is 0.